The molecular weight excluding hydrogens is 228 g/mol. The minimum absolute atomic E-state index is 0.0148. The number of rotatable bonds is 2. The van der Waals surface area contributed by atoms with Gasteiger partial charge in [0.15, 0.2) is 0 Å². The lowest BCUT2D eigenvalue weighted by Gasteiger charge is -2.55. The van der Waals surface area contributed by atoms with Crippen LogP contribution in [-0.2, 0) is 0 Å². The third-order valence-corrected chi connectivity index (χ3v) is 4.93. The molecule has 0 aromatic rings. The minimum atomic E-state index is -0.0409. The lowest BCUT2D eigenvalue weighted by Crippen LogP contribution is -2.57. The molecule has 6 heteroatoms. The van der Waals surface area contributed by atoms with Crippen molar-refractivity contribution in [1.82, 2.24) is 5.01 Å². The Labute approximate surface area is 107 Å². The summed E-state index contributed by atoms with van der Waals surface area (Å²) in [5, 5.41) is 13.4. The Morgan fingerprint density at radius 1 is 0.944 bits per heavy atom. The van der Waals surface area contributed by atoms with Gasteiger partial charge in [-0.15, -0.1) is 5.10 Å². The van der Waals surface area contributed by atoms with Crippen LogP contribution in [0.5, 0.6) is 0 Å². The number of nitrogens with one attached hydrogen (secondary N) is 1. The second-order valence-electron chi connectivity index (χ2n) is 6.18. The van der Waals surface area contributed by atoms with Crippen LogP contribution in [0, 0.1) is 29.1 Å². The summed E-state index contributed by atoms with van der Waals surface area (Å²) in [4.78, 5) is 0. The summed E-state index contributed by atoms with van der Waals surface area (Å²) in [7, 11) is 0. The first-order valence-corrected chi connectivity index (χ1v) is 6.77. The highest BCUT2D eigenvalue weighted by molar-refractivity contribution is 5.80. The van der Waals surface area contributed by atoms with Crippen molar-refractivity contribution >= 4 is 11.9 Å². The first kappa shape index (κ1) is 11.6. The van der Waals surface area contributed by atoms with Crippen molar-refractivity contribution < 1.29 is 0 Å². The zero-order valence-corrected chi connectivity index (χ0v) is 10.5. The van der Waals surface area contributed by atoms with Gasteiger partial charge < -0.3 is 17.2 Å². The second-order valence-corrected chi connectivity index (χ2v) is 6.18. The highest BCUT2D eigenvalue weighted by atomic mass is 15.5. The Morgan fingerprint density at radius 2 is 1.44 bits per heavy atom. The summed E-state index contributed by atoms with van der Waals surface area (Å²) in [6.45, 7) is 0. The van der Waals surface area contributed by atoms with Crippen molar-refractivity contribution in [1.29, 1.82) is 5.41 Å². The van der Waals surface area contributed by atoms with Gasteiger partial charge in [0.05, 0.1) is 6.04 Å². The van der Waals surface area contributed by atoms with Crippen molar-refractivity contribution in [2.75, 3.05) is 0 Å². The van der Waals surface area contributed by atoms with Gasteiger partial charge in [-0.25, -0.2) is 5.01 Å². The second kappa shape index (κ2) is 4.03. The molecule has 0 heterocycles. The van der Waals surface area contributed by atoms with E-state index in [4.69, 9.17) is 22.6 Å². The van der Waals surface area contributed by atoms with Gasteiger partial charge >= 0.3 is 0 Å². The van der Waals surface area contributed by atoms with Crippen molar-refractivity contribution in [2.24, 2.45) is 46.0 Å². The molecule has 0 radical (unpaired) electrons. The van der Waals surface area contributed by atoms with Crippen molar-refractivity contribution in [3.63, 3.8) is 0 Å². The molecule has 4 fully saturated rings. The molecule has 4 bridgehead atoms. The van der Waals surface area contributed by atoms with E-state index in [9.17, 15) is 0 Å². The maximum atomic E-state index is 7.71. The van der Waals surface area contributed by atoms with Crippen LogP contribution in [0.25, 0.3) is 0 Å². The maximum absolute atomic E-state index is 7.71. The van der Waals surface area contributed by atoms with Crippen LogP contribution in [0.3, 0.4) is 0 Å². The average Bonchev–Trinajstić information content (AvgIpc) is 2.25. The monoisotopic (exact) mass is 250 g/mol. The molecule has 0 aromatic carbocycles. The number of nitrogens with zero attached hydrogens (tertiary/aromatic N) is 2. The van der Waals surface area contributed by atoms with Gasteiger partial charge in [-0.2, -0.15) is 0 Å². The number of nitrogens with two attached hydrogens (primary N) is 3. The van der Waals surface area contributed by atoms with Gasteiger partial charge in [-0.3, -0.25) is 5.41 Å². The Morgan fingerprint density at radius 3 is 1.83 bits per heavy atom. The number of guanidine groups is 2. The zero-order chi connectivity index (χ0) is 12.9. The Hall–Kier alpha value is -1.46. The number of hydrazone groups is 1. The third kappa shape index (κ3) is 1.79. The standard InChI is InChI=1S/C12H22N6/c13-11(14)17-18(12(15)16)10-8-2-6-1-7(4-8)5-9(10)3-6/h6-10H,1-5H2,(H3,15,16)(H4,13,14,17). The highest BCUT2D eigenvalue weighted by Crippen LogP contribution is 2.55. The first-order chi connectivity index (χ1) is 8.54. The molecule has 0 unspecified atom stereocenters. The van der Waals surface area contributed by atoms with Gasteiger partial charge in [0.1, 0.15) is 0 Å². The maximum Gasteiger partial charge on any atom is 0.209 e. The van der Waals surface area contributed by atoms with E-state index in [1.165, 1.54) is 32.1 Å². The van der Waals surface area contributed by atoms with Crippen LogP contribution < -0.4 is 17.2 Å². The van der Waals surface area contributed by atoms with Gasteiger partial charge in [-0.05, 0) is 55.8 Å². The van der Waals surface area contributed by atoms with E-state index < -0.39 is 0 Å². The first-order valence-electron chi connectivity index (χ1n) is 6.77. The lowest BCUT2D eigenvalue weighted by atomic mass is 9.54. The molecule has 100 valence electrons. The molecule has 0 saturated heterocycles. The molecule has 6 nitrogen and oxygen atoms in total. The Bertz CT molecular complexity index is 358. The van der Waals surface area contributed by atoms with Crippen LogP contribution >= 0.6 is 0 Å². The fourth-order valence-corrected chi connectivity index (χ4v) is 4.70. The van der Waals surface area contributed by atoms with E-state index >= 15 is 0 Å². The molecule has 7 N–H and O–H groups in total. The van der Waals surface area contributed by atoms with E-state index in [1.807, 2.05) is 0 Å². The van der Waals surface area contributed by atoms with Crippen molar-refractivity contribution in [3.05, 3.63) is 0 Å². The van der Waals surface area contributed by atoms with Crippen LogP contribution in [0.4, 0.5) is 0 Å². The van der Waals surface area contributed by atoms with E-state index in [0.717, 1.165) is 11.8 Å². The van der Waals surface area contributed by atoms with Crippen LogP contribution in [0.1, 0.15) is 32.1 Å². The summed E-state index contributed by atoms with van der Waals surface area (Å²) in [5.41, 5.74) is 16.6. The fraction of sp³-hybridized carbons (Fsp3) is 0.833. The van der Waals surface area contributed by atoms with Gasteiger partial charge in [0, 0.05) is 0 Å². The molecule has 4 aliphatic carbocycles. The predicted octanol–water partition coefficient (Wildman–Crippen LogP) is 0.195. The van der Waals surface area contributed by atoms with E-state index in [2.05, 4.69) is 5.10 Å². The summed E-state index contributed by atoms with van der Waals surface area (Å²) >= 11 is 0. The highest BCUT2D eigenvalue weighted by Gasteiger charge is 2.50. The average molecular weight is 250 g/mol. The quantitative estimate of drug-likeness (QED) is 0.318. The molecule has 4 saturated carbocycles. The largest absolute Gasteiger partial charge is 0.369 e. The molecule has 0 aromatic heterocycles. The minimum Gasteiger partial charge on any atom is -0.369 e. The van der Waals surface area contributed by atoms with Crippen LogP contribution in [0.15, 0.2) is 5.10 Å². The summed E-state index contributed by atoms with van der Waals surface area (Å²) in [5.74, 6) is 2.93. The molecule has 4 rings (SSSR count). The van der Waals surface area contributed by atoms with Gasteiger partial charge in [-0.1, -0.05) is 0 Å². The summed E-state index contributed by atoms with van der Waals surface area (Å²) in [6.07, 6.45) is 6.41. The van der Waals surface area contributed by atoms with E-state index in [1.54, 1.807) is 5.01 Å². The molecule has 0 atom stereocenters. The normalized spacial score (nSPS) is 40.6. The van der Waals surface area contributed by atoms with Gasteiger partial charge in [0.2, 0.25) is 11.9 Å². The summed E-state index contributed by atoms with van der Waals surface area (Å²) in [6, 6.07) is 0.234. The smallest absolute Gasteiger partial charge is 0.209 e. The molecule has 4 aliphatic rings. The number of hydrogen-bond acceptors (Lipinski definition) is 2. The molecule has 0 amide bonds. The lowest BCUT2D eigenvalue weighted by molar-refractivity contribution is -0.0446. The zero-order valence-electron chi connectivity index (χ0n) is 10.5. The Kier molecular flexibility index (Phi) is 2.60. The fourth-order valence-electron chi connectivity index (χ4n) is 4.70. The SMILES string of the molecule is N=C(N)N(N=C(N)N)C1C2CC3CC(C2)CC1C3. The molecular formula is C12H22N6. The molecule has 18 heavy (non-hydrogen) atoms. The summed E-state index contributed by atoms with van der Waals surface area (Å²) < 4.78 is 0. The predicted molar refractivity (Wildman–Crippen MR) is 70.4 cm³/mol. The van der Waals surface area contributed by atoms with E-state index in [-0.39, 0.29) is 18.0 Å². The Balaban J connectivity index is 1.86. The molecule has 0 aliphatic heterocycles. The number of hydrogen-bond donors (Lipinski definition) is 4. The topological polar surface area (TPSA) is 118 Å². The van der Waals surface area contributed by atoms with Crippen molar-refractivity contribution in [3.8, 4) is 0 Å². The van der Waals surface area contributed by atoms with Crippen molar-refractivity contribution in [2.45, 2.75) is 38.1 Å². The van der Waals surface area contributed by atoms with Crippen LogP contribution in [-0.4, -0.2) is 23.0 Å². The third-order valence-electron chi connectivity index (χ3n) is 4.93. The molecule has 0 spiro atoms. The van der Waals surface area contributed by atoms with Crippen LogP contribution in [0.2, 0.25) is 0 Å². The van der Waals surface area contributed by atoms with Gasteiger partial charge in [0.25, 0.3) is 0 Å². The van der Waals surface area contributed by atoms with E-state index in [0.29, 0.717) is 11.8 Å².